The molecule has 33 heavy (non-hydrogen) atoms. The van der Waals surface area contributed by atoms with E-state index in [2.05, 4.69) is 10.6 Å². The van der Waals surface area contributed by atoms with Gasteiger partial charge >= 0.3 is 5.69 Å². The van der Waals surface area contributed by atoms with Crippen molar-refractivity contribution in [3.8, 4) is 5.75 Å². The van der Waals surface area contributed by atoms with Crippen LogP contribution in [0.2, 0.25) is 0 Å². The van der Waals surface area contributed by atoms with Gasteiger partial charge in [0.1, 0.15) is 5.75 Å². The van der Waals surface area contributed by atoms with Crippen LogP contribution in [-0.4, -0.2) is 35.1 Å². The molecule has 2 aromatic carbocycles. The van der Waals surface area contributed by atoms with Crippen LogP contribution in [0, 0.1) is 11.8 Å². The van der Waals surface area contributed by atoms with E-state index in [0.717, 1.165) is 42.5 Å². The molecular weight excluding hydrogens is 420 g/mol. The maximum absolute atomic E-state index is 12.8. The zero-order chi connectivity index (χ0) is 23.5. The summed E-state index contributed by atoms with van der Waals surface area (Å²) in [5, 5.41) is 5.54. The molecule has 8 nitrogen and oxygen atoms in total. The van der Waals surface area contributed by atoms with Crippen molar-refractivity contribution in [3.63, 3.8) is 0 Å². The van der Waals surface area contributed by atoms with Crippen LogP contribution in [0.1, 0.15) is 36.0 Å². The van der Waals surface area contributed by atoms with Gasteiger partial charge in [0, 0.05) is 43.9 Å². The van der Waals surface area contributed by atoms with Gasteiger partial charge in [0.2, 0.25) is 5.91 Å². The lowest BCUT2D eigenvalue weighted by atomic mass is 9.81. The molecule has 0 atom stereocenters. The largest absolute Gasteiger partial charge is 0.497 e. The fourth-order valence-electron chi connectivity index (χ4n) is 4.69. The highest BCUT2D eigenvalue weighted by Gasteiger charge is 2.27. The second-order valence-electron chi connectivity index (χ2n) is 8.67. The minimum Gasteiger partial charge on any atom is -0.497 e. The fourth-order valence-corrected chi connectivity index (χ4v) is 4.69. The molecule has 0 saturated heterocycles. The molecule has 174 valence electrons. The molecule has 2 N–H and O–H groups in total. The fraction of sp³-hybridized carbons (Fsp3) is 0.400. The van der Waals surface area contributed by atoms with E-state index < -0.39 is 0 Å². The SMILES string of the molecule is CNC(=O)c1cccc(NC(=O)C2CCC(Cn3c(=O)n(C)c4ccc(OC)cc43)CC2)c1. The molecule has 1 aliphatic carbocycles. The number of aryl methyl sites for hydroxylation is 1. The van der Waals surface area contributed by atoms with Crippen LogP contribution in [-0.2, 0) is 18.4 Å². The Labute approximate surface area is 192 Å². The number of carbonyl (C=O) groups excluding carboxylic acids is 2. The van der Waals surface area contributed by atoms with Crippen LogP contribution in [0.4, 0.5) is 5.69 Å². The Kier molecular flexibility index (Phi) is 6.53. The number of benzene rings is 2. The van der Waals surface area contributed by atoms with Crippen molar-refractivity contribution in [1.29, 1.82) is 0 Å². The third-order valence-corrected chi connectivity index (χ3v) is 6.63. The maximum atomic E-state index is 12.8. The number of nitrogens with zero attached hydrogens (tertiary/aromatic N) is 2. The van der Waals surface area contributed by atoms with E-state index in [0.29, 0.717) is 23.7 Å². The van der Waals surface area contributed by atoms with Gasteiger partial charge in [-0.1, -0.05) is 6.07 Å². The molecule has 2 amide bonds. The Balaban J connectivity index is 1.40. The number of carbonyl (C=O) groups is 2. The summed E-state index contributed by atoms with van der Waals surface area (Å²) in [7, 11) is 4.98. The van der Waals surface area contributed by atoms with Crippen molar-refractivity contribution >= 4 is 28.5 Å². The number of imidazole rings is 1. The van der Waals surface area contributed by atoms with E-state index in [1.807, 2.05) is 22.8 Å². The van der Waals surface area contributed by atoms with Crippen LogP contribution in [0.5, 0.6) is 5.75 Å². The van der Waals surface area contributed by atoms with Crippen LogP contribution in [0.15, 0.2) is 47.3 Å². The number of aromatic nitrogens is 2. The lowest BCUT2D eigenvalue weighted by Gasteiger charge is -2.28. The molecule has 0 aliphatic heterocycles. The molecule has 4 rings (SSSR count). The topological polar surface area (TPSA) is 94.4 Å². The third-order valence-electron chi connectivity index (χ3n) is 6.63. The lowest BCUT2D eigenvalue weighted by Crippen LogP contribution is -2.31. The molecule has 1 saturated carbocycles. The highest BCUT2D eigenvalue weighted by atomic mass is 16.5. The van der Waals surface area contributed by atoms with E-state index in [1.165, 1.54) is 0 Å². The summed E-state index contributed by atoms with van der Waals surface area (Å²) >= 11 is 0. The summed E-state index contributed by atoms with van der Waals surface area (Å²) in [5.74, 6) is 0.777. The molecule has 1 fully saturated rings. The average molecular weight is 451 g/mol. The van der Waals surface area contributed by atoms with Crippen molar-refractivity contribution < 1.29 is 14.3 Å². The van der Waals surface area contributed by atoms with Crippen molar-refractivity contribution in [1.82, 2.24) is 14.5 Å². The third kappa shape index (κ3) is 4.65. The molecule has 3 aromatic rings. The number of fused-ring (bicyclic) bond motifs is 1. The van der Waals surface area contributed by atoms with Crippen molar-refractivity contribution in [3.05, 3.63) is 58.5 Å². The Hall–Kier alpha value is -3.55. The molecule has 0 radical (unpaired) electrons. The van der Waals surface area contributed by atoms with E-state index >= 15 is 0 Å². The Morgan fingerprint density at radius 2 is 1.82 bits per heavy atom. The van der Waals surface area contributed by atoms with Gasteiger partial charge in [0.05, 0.1) is 18.1 Å². The summed E-state index contributed by atoms with van der Waals surface area (Å²) in [5.41, 5.74) is 2.86. The first kappa shape index (κ1) is 22.6. The zero-order valence-electron chi connectivity index (χ0n) is 19.3. The molecule has 8 heteroatoms. The summed E-state index contributed by atoms with van der Waals surface area (Å²) in [6.45, 7) is 0.631. The monoisotopic (exact) mass is 450 g/mol. The zero-order valence-corrected chi connectivity index (χ0v) is 19.3. The molecule has 1 heterocycles. The van der Waals surface area contributed by atoms with Crippen LogP contribution in [0.25, 0.3) is 11.0 Å². The highest BCUT2D eigenvalue weighted by Crippen LogP contribution is 2.31. The van der Waals surface area contributed by atoms with E-state index in [9.17, 15) is 14.4 Å². The van der Waals surface area contributed by atoms with Crippen molar-refractivity contribution in [2.75, 3.05) is 19.5 Å². The predicted molar refractivity (Wildman–Crippen MR) is 128 cm³/mol. The molecule has 1 aromatic heterocycles. The van der Waals surface area contributed by atoms with E-state index in [4.69, 9.17) is 4.74 Å². The van der Waals surface area contributed by atoms with Crippen molar-refractivity contribution in [2.45, 2.75) is 32.2 Å². The summed E-state index contributed by atoms with van der Waals surface area (Å²) < 4.78 is 8.84. The Bertz CT molecular complexity index is 1230. The number of rotatable bonds is 6. The number of hydrogen-bond donors (Lipinski definition) is 2. The number of anilines is 1. The first-order chi connectivity index (χ1) is 15.9. The van der Waals surface area contributed by atoms with Crippen LogP contribution in [0.3, 0.4) is 0 Å². The molecule has 0 spiro atoms. The van der Waals surface area contributed by atoms with Gasteiger partial charge in [-0.05, 0) is 61.9 Å². The van der Waals surface area contributed by atoms with Crippen LogP contribution < -0.4 is 21.1 Å². The number of nitrogens with one attached hydrogen (secondary N) is 2. The Morgan fingerprint density at radius 1 is 1.06 bits per heavy atom. The first-order valence-corrected chi connectivity index (χ1v) is 11.3. The molecular formula is C25H30N4O4. The summed E-state index contributed by atoms with van der Waals surface area (Å²) in [6.07, 6.45) is 3.30. The van der Waals surface area contributed by atoms with E-state index in [-0.39, 0.29) is 23.4 Å². The van der Waals surface area contributed by atoms with Gasteiger partial charge in [-0.15, -0.1) is 0 Å². The summed E-state index contributed by atoms with van der Waals surface area (Å²) in [6, 6.07) is 12.6. The first-order valence-electron chi connectivity index (χ1n) is 11.3. The highest BCUT2D eigenvalue weighted by molar-refractivity contribution is 5.97. The Morgan fingerprint density at radius 3 is 2.52 bits per heavy atom. The second kappa shape index (κ2) is 9.52. The van der Waals surface area contributed by atoms with Gasteiger partial charge in [-0.2, -0.15) is 0 Å². The molecule has 0 bridgehead atoms. The average Bonchev–Trinajstić information content (AvgIpc) is 3.08. The predicted octanol–water partition coefficient (Wildman–Crippen LogP) is 3.15. The van der Waals surface area contributed by atoms with Gasteiger partial charge in [0.25, 0.3) is 5.91 Å². The summed E-state index contributed by atoms with van der Waals surface area (Å²) in [4.78, 5) is 37.5. The van der Waals surface area contributed by atoms with Gasteiger partial charge < -0.3 is 15.4 Å². The van der Waals surface area contributed by atoms with Crippen molar-refractivity contribution in [2.24, 2.45) is 18.9 Å². The van der Waals surface area contributed by atoms with Gasteiger partial charge in [0.15, 0.2) is 0 Å². The second-order valence-corrected chi connectivity index (χ2v) is 8.67. The van der Waals surface area contributed by atoms with Gasteiger partial charge in [-0.3, -0.25) is 18.7 Å². The maximum Gasteiger partial charge on any atom is 0.328 e. The molecule has 1 aliphatic rings. The number of methoxy groups -OCH3 is 1. The number of amides is 2. The smallest absolute Gasteiger partial charge is 0.328 e. The van der Waals surface area contributed by atoms with Gasteiger partial charge in [-0.25, -0.2) is 4.79 Å². The minimum absolute atomic E-state index is 0.0189. The quantitative estimate of drug-likeness (QED) is 0.603. The standard InChI is InChI=1S/C25H30N4O4/c1-26-23(30)18-5-4-6-19(13-18)27-24(31)17-9-7-16(8-10-17)15-29-22-14-20(33-3)11-12-21(22)28(2)25(29)32/h4-6,11-14,16-17H,7-10,15H2,1-3H3,(H,26,30)(H,27,31). The normalized spacial score (nSPS) is 18.2. The van der Waals surface area contributed by atoms with E-state index in [1.54, 1.807) is 50.0 Å². The molecule has 0 unspecified atom stereocenters. The number of ether oxygens (including phenoxy) is 1. The minimum atomic E-state index is -0.187. The van der Waals surface area contributed by atoms with Crippen LogP contribution >= 0.6 is 0 Å². The lowest BCUT2D eigenvalue weighted by molar-refractivity contribution is -0.121. The number of hydrogen-bond acceptors (Lipinski definition) is 4.